The lowest BCUT2D eigenvalue weighted by atomic mass is 9.83. The molecule has 1 N–H and O–H groups in total. The molecule has 1 atom stereocenters. The Labute approximate surface area is 148 Å². The molecular formula is C20H22ClNO2. The minimum Gasteiger partial charge on any atom is -0.487 e. The molecule has 3 nitrogen and oxygen atoms in total. The van der Waals surface area contributed by atoms with Gasteiger partial charge in [-0.3, -0.25) is 4.79 Å². The molecule has 0 aliphatic carbocycles. The number of rotatable bonds is 4. The molecule has 4 heteroatoms. The normalized spacial score (nSPS) is 18.4. The van der Waals surface area contributed by atoms with Gasteiger partial charge in [0.2, 0.25) is 0 Å². The molecule has 24 heavy (non-hydrogen) atoms. The van der Waals surface area contributed by atoms with E-state index in [0.29, 0.717) is 10.6 Å². The maximum absolute atomic E-state index is 12.7. The van der Waals surface area contributed by atoms with Gasteiger partial charge in [-0.1, -0.05) is 49.7 Å². The van der Waals surface area contributed by atoms with Crippen LogP contribution in [0.4, 0.5) is 0 Å². The van der Waals surface area contributed by atoms with Crippen molar-refractivity contribution in [3.63, 3.8) is 0 Å². The van der Waals surface area contributed by atoms with Gasteiger partial charge >= 0.3 is 0 Å². The Morgan fingerprint density at radius 1 is 1.21 bits per heavy atom. The van der Waals surface area contributed by atoms with E-state index in [1.807, 2.05) is 24.3 Å². The molecule has 1 unspecified atom stereocenters. The number of carbonyl (C=O) groups excluding carboxylic acids is 1. The molecule has 0 bridgehead atoms. The first-order valence-electron chi connectivity index (χ1n) is 8.41. The average molecular weight is 344 g/mol. The molecule has 1 aliphatic rings. The van der Waals surface area contributed by atoms with Gasteiger partial charge in [0.05, 0.1) is 6.04 Å². The minimum atomic E-state index is -0.235. The van der Waals surface area contributed by atoms with Gasteiger partial charge in [-0.15, -0.1) is 0 Å². The van der Waals surface area contributed by atoms with Crippen LogP contribution in [0.25, 0.3) is 0 Å². The van der Waals surface area contributed by atoms with Gasteiger partial charge in [-0.2, -0.15) is 0 Å². The molecule has 1 aliphatic heterocycles. The lowest BCUT2D eigenvalue weighted by molar-refractivity contribution is 0.0227. The predicted molar refractivity (Wildman–Crippen MR) is 96.7 cm³/mol. The van der Waals surface area contributed by atoms with Crippen LogP contribution in [0.5, 0.6) is 5.75 Å². The van der Waals surface area contributed by atoms with E-state index in [2.05, 4.69) is 19.2 Å². The van der Waals surface area contributed by atoms with Crippen LogP contribution in [0, 0.1) is 0 Å². The predicted octanol–water partition coefficient (Wildman–Crippen LogP) is 5.15. The van der Waals surface area contributed by atoms with Crippen LogP contribution in [-0.2, 0) is 0 Å². The summed E-state index contributed by atoms with van der Waals surface area (Å²) in [6.07, 6.45) is 2.58. The van der Waals surface area contributed by atoms with E-state index < -0.39 is 0 Å². The maximum atomic E-state index is 12.7. The molecule has 0 saturated carbocycles. The molecule has 2 aromatic carbocycles. The number of benzene rings is 2. The topological polar surface area (TPSA) is 38.3 Å². The molecule has 0 saturated heterocycles. The number of amides is 1. The Morgan fingerprint density at radius 2 is 1.96 bits per heavy atom. The highest BCUT2D eigenvalue weighted by molar-refractivity contribution is 6.30. The van der Waals surface area contributed by atoms with Gasteiger partial charge in [-0.25, -0.2) is 0 Å². The number of ether oxygens (including phenoxy) is 1. The lowest BCUT2D eigenvalue weighted by Gasteiger charge is -2.41. The van der Waals surface area contributed by atoms with Crippen LogP contribution in [0.15, 0.2) is 48.5 Å². The number of hydrogen-bond acceptors (Lipinski definition) is 2. The van der Waals surface area contributed by atoms with Gasteiger partial charge in [-0.05, 0) is 37.1 Å². The van der Waals surface area contributed by atoms with Gasteiger partial charge in [0.25, 0.3) is 5.91 Å². The van der Waals surface area contributed by atoms with E-state index in [-0.39, 0.29) is 17.6 Å². The standard InChI is InChI=1S/C20H22ClNO2/c1-3-20(4-2)13-17(16-10-5-6-11-18(16)24-20)22-19(23)14-8-7-9-15(21)12-14/h5-12,17H,3-4,13H2,1-2H3,(H,22,23). The third-order valence-corrected chi connectivity index (χ3v) is 5.11. The zero-order valence-electron chi connectivity index (χ0n) is 14.0. The molecule has 1 amide bonds. The average Bonchev–Trinajstić information content (AvgIpc) is 2.61. The summed E-state index contributed by atoms with van der Waals surface area (Å²) in [5.74, 6) is 0.754. The highest BCUT2D eigenvalue weighted by Crippen LogP contribution is 2.42. The summed E-state index contributed by atoms with van der Waals surface area (Å²) in [6.45, 7) is 4.26. The van der Waals surface area contributed by atoms with E-state index in [4.69, 9.17) is 16.3 Å². The van der Waals surface area contributed by atoms with Crippen molar-refractivity contribution in [2.24, 2.45) is 0 Å². The first-order chi connectivity index (χ1) is 11.6. The van der Waals surface area contributed by atoms with Crippen molar-refractivity contribution >= 4 is 17.5 Å². The van der Waals surface area contributed by atoms with Crippen molar-refractivity contribution < 1.29 is 9.53 Å². The molecule has 0 spiro atoms. The summed E-state index contributed by atoms with van der Waals surface area (Å²) < 4.78 is 6.28. The fraction of sp³-hybridized carbons (Fsp3) is 0.350. The SMILES string of the molecule is CCC1(CC)CC(NC(=O)c2cccc(Cl)c2)c2ccccc2O1. The van der Waals surface area contributed by atoms with Crippen LogP contribution in [0.2, 0.25) is 5.02 Å². The quantitative estimate of drug-likeness (QED) is 0.833. The van der Waals surface area contributed by atoms with E-state index in [9.17, 15) is 4.79 Å². The van der Waals surface area contributed by atoms with Gasteiger partial charge < -0.3 is 10.1 Å². The van der Waals surface area contributed by atoms with Crippen molar-refractivity contribution in [1.82, 2.24) is 5.32 Å². The fourth-order valence-corrected chi connectivity index (χ4v) is 3.49. The highest BCUT2D eigenvalue weighted by Gasteiger charge is 2.38. The molecule has 1 heterocycles. The number of halogens is 1. The van der Waals surface area contributed by atoms with Crippen LogP contribution in [0.3, 0.4) is 0 Å². The molecule has 2 aromatic rings. The molecule has 0 aromatic heterocycles. The molecule has 3 rings (SSSR count). The maximum Gasteiger partial charge on any atom is 0.251 e. The van der Waals surface area contributed by atoms with Gasteiger partial charge in [0.1, 0.15) is 11.4 Å². The number of nitrogens with one attached hydrogen (secondary N) is 1. The summed E-state index contributed by atoms with van der Waals surface area (Å²) in [5, 5.41) is 3.73. The number of hydrogen-bond donors (Lipinski definition) is 1. The first-order valence-corrected chi connectivity index (χ1v) is 8.79. The first kappa shape index (κ1) is 16.8. The van der Waals surface area contributed by atoms with Crippen LogP contribution >= 0.6 is 11.6 Å². The van der Waals surface area contributed by atoms with Crippen molar-refractivity contribution in [3.8, 4) is 5.75 Å². The minimum absolute atomic E-state index is 0.0682. The van der Waals surface area contributed by atoms with Crippen molar-refractivity contribution in [3.05, 3.63) is 64.7 Å². The van der Waals surface area contributed by atoms with Crippen molar-refractivity contribution in [2.75, 3.05) is 0 Å². The third kappa shape index (κ3) is 3.27. The number of para-hydroxylation sites is 1. The van der Waals surface area contributed by atoms with E-state index in [1.54, 1.807) is 24.3 Å². The van der Waals surface area contributed by atoms with E-state index in [1.165, 1.54) is 0 Å². The second-order valence-electron chi connectivity index (χ2n) is 6.27. The molecular weight excluding hydrogens is 322 g/mol. The molecule has 0 radical (unpaired) electrons. The van der Waals surface area contributed by atoms with Gasteiger partial charge in [0.15, 0.2) is 0 Å². The third-order valence-electron chi connectivity index (χ3n) is 4.88. The Hall–Kier alpha value is -2.00. The van der Waals surface area contributed by atoms with Crippen LogP contribution in [-0.4, -0.2) is 11.5 Å². The van der Waals surface area contributed by atoms with Gasteiger partial charge in [0, 0.05) is 22.6 Å². The smallest absolute Gasteiger partial charge is 0.251 e. The number of carbonyl (C=O) groups is 1. The zero-order valence-corrected chi connectivity index (χ0v) is 14.8. The summed E-state index contributed by atoms with van der Waals surface area (Å²) in [7, 11) is 0. The lowest BCUT2D eigenvalue weighted by Crippen LogP contribution is -2.44. The van der Waals surface area contributed by atoms with E-state index in [0.717, 1.165) is 30.6 Å². The summed E-state index contributed by atoms with van der Waals surface area (Å²) in [4.78, 5) is 12.7. The molecule has 126 valence electrons. The Balaban J connectivity index is 1.90. The Kier molecular flexibility index (Phi) is 4.81. The second-order valence-corrected chi connectivity index (χ2v) is 6.71. The zero-order chi connectivity index (χ0) is 17.2. The molecule has 0 fully saturated rings. The van der Waals surface area contributed by atoms with Crippen LogP contribution in [0.1, 0.15) is 55.1 Å². The summed E-state index contributed by atoms with van der Waals surface area (Å²) >= 11 is 6.00. The van der Waals surface area contributed by atoms with Crippen molar-refractivity contribution in [1.29, 1.82) is 0 Å². The van der Waals surface area contributed by atoms with Crippen LogP contribution < -0.4 is 10.1 Å². The Bertz CT molecular complexity index is 740. The summed E-state index contributed by atoms with van der Waals surface area (Å²) in [6, 6.07) is 14.9. The summed E-state index contributed by atoms with van der Waals surface area (Å²) in [5.41, 5.74) is 1.37. The Morgan fingerprint density at radius 3 is 2.67 bits per heavy atom. The van der Waals surface area contributed by atoms with Crippen molar-refractivity contribution in [2.45, 2.75) is 44.8 Å². The monoisotopic (exact) mass is 343 g/mol. The second kappa shape index (κ2) is 6.86. The number of fused-ring (bicyclic) bond motifs is 1. The van der Waals surface area contributed by atoms with E-state index >= 15 is 0 Å². The fourth-order valence-electron chi connectivity index (χ4n) is 3.30. The highest BCUT2D eigenvalue weighted by atomic mass is 35.5. The largest absolute Gasteiger partial charge is 0.487 e.